The van der Waals surface area contributed by atoms with Crippen molar-refractivity contribution in [3.05, 3.63) is 59.2 Å². The van der Waals surface area contributed by atoms with Crippen molar-refractivity contribution in [2.75, 3.05) is 0 Å². The number of amidine groups is 1. The van der Waals surface area contributed by atoms with E-state index in [0.29, 0.717) is 0 Å². The first-order valence-electron chi connectivity index (χ1n) is 5.76. The zero-order valence-corrected chi connectivity index (χ0v) is 11.3. The summed E-state index contributed by atoms with van der Waals surface area (Å²) in [7, 11) is 0. The van der Waals surface area contributed by atoms with Gasteiger partial charge in [0.15, 0.2) is 0 Å². The second-order valence-corrected chi connectivity index (χ2v) is 5.36. The first kappa shape index (κ1) is 12.7. The lowest BCUT2D eigenvalue weighted by atomic mass is 10.2. The van der Waals surface area contributed by atoms with Gasteiger partial charge in [0.2, 0.25) is 0 Å². The Morgan fingerprint density at radius 1 is 1.06 bits per heavy atom. The van der Waals surface area contributed by atoms with Crippen LogP contribution in [0.1, 0.15) is 16.7 Å². The largest absolute Gasteiger partial charge is 0.384 e. The lowest BCUT2D eigenvalue weighted by molar-refractivity contribution is 1.25. The Labute approximate surface area is 112 Å². The van der Waals surface area contributed by atoms with Crippen molar-refractivity contribution in [2.24, 2.45) is 5.73 Å². The summed E-state index contributed by atoms with van der Waals surface area (Å²) in [5.41, 5.74) is 8.90. The molecule has 0 radical (unpaired) electrons. The molecule has 0 heterocycles. The average Bonchev–Trinajstić information content (AvgIpc) is 2.33. The highest BCUT2D eigenvalue weighted by atomic mass is 32.2. The minimum absolute atomic E-state index is 0.114. The Morgan fingerprint density at radius 3 is 2.44 bits per heavy atom. The quantitative estimate of drug-likeness (QED) is 0.649. The van der Waals surface area contributed by atoms with Crippen LogP contribution in [0.3, 0.4) is 0 Å². The fourth-order valence-corrected chi connectivity index (χ4v) is 2.84. The molecule has 18 heavy (non-hydrogen) atoms. The average molecular weight is 256 g/mol. The summed E-state index contributed by atoms with van der Waals surface area (Å²) in [6.07, 6.45) is 0. The number of rotatable bonds is 3. The molecule has 0 saturated heterocycles. The Kier molecular flexibility index (Phi) is 3.72. The molecule has 0 amide bonds. The number of nitrogens with one attached hydrogen (secondary N) is 1. The predicted octanol–water partition coefficient (Wildman–Crippen LogP) is 3.74. The van der Waals surface area contributed by atoms with Gasteiger partial charge in [-0.1, -0.05) is 47.7 Å². The summed E-state index contributed by atoms with van der Waals surface area (Å²) in [5.74, 6) is 0.114. The highest BCUT2D eigenvalue weighted by Crippen LogP contribution is 2.32. The second kappa shape index (κ2) is 5.27. The zero-order valence-electron chi connectivity index (χ0n) is 10.5. The van der Waals surface area contributed by atoms with Gasteiger partial charge >= 0.3 is 0 Å². The number of hydrogen-bond acceptors (Lipinski definition) is 2. The third-order valence-electron chi connectivity index (χ3n) is 2.73. The molecule has 3 N–H and O–H groups in total. The third-order valence-corrected chi connectivity index (χ3v) is 3.98. The molecule has 0 aliphatic heterocycles. The monoisotopic (exact) mass is 256 g/mol. The van der Waals surface area contributed by atoms with Gasteiger partial charge in [0.05, 0.1) is 0 Å². The molecule has 2 nitrogen and oxygen atoms in total. The molecule has 2 aromatic rings. The normalized spacial score (nSPS) is 10.3. The van der Waals surface area contributed by atoms with Crippen LogP contribution in [0.4, 0.5) is 0 Å². The van der Waals surface area contributed by atoms with E-state index >= 15 is 0 Å². The highest BCUT2D eigenvalue weighted by Gasteiger charge is 2.07. The lowest BCUT2D eigenvalue weighted by Gasteiger charge is -2.10. The highest BCUT2D eigenvalue weighted by molar-refractivity contribution is 7.99. The van der Waals surface area contributed by atoms with E-state index in [-0.39, 0.29) is 5.84 Å². The summed E-state index contributed by atoms with van der Waals surface area (Å²) in [6.45, 7) is 4.19. The smallest absolute Gasteiger partial charge is 0.123 e. The topological polar surface area (TPSA) is 49.9 Å². The van der Waals surface area contributed by atoms with Crippen LogP contribution in [0.2, 0.25) is 0 Å². The summed E-state index contributed by atoms with van der Waals surface area (Å²) in [4.78, 5) is 2.23. The van der Waals surface area contributed by atoms with Crippen molar-refractivity contribution in [3.8, 4) is 0 Å². The molecule has 0 spiro atoms. The summed E-state index contributed by atoms with van der Waals surface area (Å²) >= 11 is 1.66. The first-order chi connectivity index (χ1) is 8.58. The van der Waals surface area contributed by atoms with Gasteiger partial charge in [0.25, 0.3) is 0 Å². The van der Waals surface area contributed by atoms with Crippen molar-refractivity contribution in [1.29, 1.82) is 5.41 Å². The van der Waals surface area contributed by atoms with Crippen LogP contribution in [-0.4, -0.2) is 5.84 Å². The summed E-state index contributed by atoms with van der Waals surface area (Å²) in [6, 6.07) is 14.1. The molecule has 3 heteroatoms. The van der Waals surface area contributed by atoms with Crippen molar-refractivity contribution in [3.63, 3.8) is 0 Å². The van der Waals surface area contributed by atoms with Crippen molar-refractivity contribution in [2.45, 2.75) is 23.6 Å². The van der Waals surface area contributed by atoms with E-state index in [2.05, 4.69) is 32.0 Å². The van der Waals surface area contributed by atoms with Crippen LogP contribution >= 0.6 is 11.8 Å². The molecule has 2 rings (SSSR count). The minimum atomic E-state index is 0.114. The van der Waals surface area contributed by atoms with E-state index in [4.69, 9.17) is 11.1 Å². The molecular weight excluding hydrogens is 240 g/mol. The molecule has 0 aliphatic carbocycles. The summed E-state index contributed by atoms with van der Waals surface area (Å²) in [5, 5.41) is 7.59. The maximum Gasteiger partial charge on any atom is 0.123 e. The van der Waals surface area contributed by atoms with Crippen LogP contribution in [0.25, 0.3) is 0 Å². The van der Waals surface area contributed by atoms with E-state index in [0.717, 1.165) is 10.5 Å². The number of aryl methyl sites for hydroxylation is 2. The van der Waals surface area contributed by atoms with Crippen LogP contribution in [-0.2, 0) is 0 Å². The van der Waals surface area contributed by atoms with Gasteiger partial charge in [-0.2, -0.15) is 0 Å². The number of nitrogens with two attached hydrogens (primary N) is 1. The molecule has 0 atom stereocenters. The van der Waals surface area contributed by atoms with Crippen LogP contribution in [0.15, 0.2) is 52.3 Å². The Morgan fingerprint density at radius 2 is 1.78 bits per heavy atom. The van der Waals surface area contributed by atoms with Crippen LogP contribution in [0, 0.1) is 19.3 Å². The van der Waals surface area contributed by atoms with Crippen LogP contribution < -0.4 is 5.73 Å². The van der Waals surface area contributed by atoms with Gasteiger partial charge in [-0.3, -0.25) is 5.41 Å². The number of nitrogen functional groups attached to an aromatic ring is 1. The fourth-order valence-electron chi connectivity index (χ4n) is 1.81. The van der Waals surface area contributed by atoms with E-state index < -0.39 is 0 Å². The van der Waals surface area contributed by atoms with Crippen LogP contribution in [0.5, 0.6) is 0 Å². The molecule has 0 fully saturated rings. The predicted molar refractivity (Wildman–Crippen MR) is 77.5 cm³/mol. The molecular formula is C15H16N2S. The van der Waals surface area contributed by atoms with Gasteiger partial charge in [0, 0.05) is 15.4 Å². The van der Waals surface area contributed by atoms with Gasteiger partial charge in [-0.05, 0) is 31.5 Å². The van der Waals surface area contributed by atoms with Gasteiger partial charge in [-0.25, -0.2) is 0 Å². The number of hydrogen-bond donors (Lipinski definition) is 2. The zero-order chi connectivity index (χ0) is 13.1. The van der Waals surface area contributed by atoms with E-state index in [1.807, 2.05) is 24.3 Å². The standard InChI is InChI=1S/C15H16N2S/c1-10-7-8-13(11(2)9-10)18-14-6-4-3-5-12(14)15(16)17/h3-9H,1-2H3,(H3,16,17). The Hall–Kier alpha value is -1.74. The molecule has 0 aromatic heterocycles. The molecule has 0 saturated carbocycles. The molecule has 0 aliphatic rings. The van der Waals surface area contributed by atoms with Crippen molar-refractivity contribution < 1.29 is 0 Å². The number of benzene rings is 2. The van der Waals surface area contributed by atoms with E-state index in [9.17, 15) is 0 Å². The molecule has 2 aromatic carbocycles. The fraction of sp³-hybridized carbons (Fsp3) is 0.133. The molecule has 92 valence electrons. The molecule has 0 unspecified atom stereocenters. The Balaban J connectivity index is 2.37. The van der Waals surface area contributed by atoms with Gasteiger partial charge < -0.3 is 5.73 Å². The van der Waals surface area contributed by atoms with Gasteiger partial charge in [-0.15, -0.1) is 0 Å². The molecule has 0 bridgehead atoms. The van der Waals surface area contributed by atoms with Gasteiger partial charge in [0.1, 0.15) is 5.84 Å². The third kappa shape index (κ3) is 2.74. The maximum absolute atomic E-state index is 7.59. The van der Waals surface area contributed by atoms with Crippen molar-refractivity contribution >= 4 is 17.6 Å². The van der Waals surface area contributed by atoms with Crippen molar-refractivity contribution in [1.82, 2.24) is 0 Å². The Bertz CT molecular complexity index is 591. The maximum atomic E-state index is 7.59. The van der Waals surface area contributed by atoms with E-state index in [1.54, 1.807) is 11.8 Å². The second-order valence-electron chi connectivity index (χ2n) is 4.28. The summed E-state index contributed by atoms with van der Waals surface area (Å²) < 4.78 is 0. The van der Waals surface area contributed by atoms with E-state index in [1.165, 1.54) is 16.0 Å². The SMILES string of the molecule is Cc1ccc(Sc2ccccc2C(=N)N)c(C)c1. The minimum Gasteiger partial charge on any atom is -0.384 e. The first-order valence-corrected chi connectivity index (χ1v) is 6.58. The lowest BCUT2D eigenvalue weighted by Crippen LogP contribution is -2.11.